The Morgan fingerprint density at radius 2 is 1.97 bits per heavy atom. The van der Waals surface area contributed by atoms with Crippen molar-refractivity contribution in [2.45, 2.75) is 44.8 Å². The fourth-order valence-electron chi connectivity index (χ4n) is 3.69. The van der Waals surface area contributed by atoms with Crippen molar-refractivity contribution < 1.29 is 28.3 Å². The Balaban J connectivity index is 1.48. The van der Waals surface area contributed by atoms with Crippen LogP contribution in [-0.4, -0.2) is 56.7 Å². The number of esters is 1. The number of nitrogens with one attached hydrogen (secondary N) is 2. The lowest BCUT2D eigenvalue weighted by molar-refractivity contribution is -0.746. The van der Waals surface area contributed by atoms with Gasteiger partial charge in [0.25, 0.3) is 5.91 Å². The van der Waals surface area contributed by atoms with Gasteiger partial charge in [-0.15, -0.1) is 0 Å². The number of aromatic amines is 1. The minimum absolute atomic E-state index is 0.0301. The first-order chi connectivity index (χ1) is 15.8. The molecule has 2 aliphatic rings. The predicted octanol–water partition coefficient (Wildman–Crippen LogP) is 0.458. The van der Waals surface area contributed by atoms with Gasteiger partial charge in [-0.3, -0.25) is 19.0 Å². The second-order valence-electron chi connectivity index (χ2n) is 7.90. The molecule has 2 aromatic rings. The quantitative estimate of drug-likeness (QED) is 0.321. The Morgan fingerprint density at radius 3 is 2.55 bits per heavy atom. The molecule has 1 aromatic heterocycles. The van der Waals surface area contributed by atoms with Gasteiger partial charge in [0.1, 0.15) is 12.6 Å². The number of aryl methyl sites for hydroxylation is 1. The molecule has 33 heavy (non-hydrogen) atoms. The number of benzene rings is 1. The third kappa shape index (κ3) is 4.65. The fourth-order valence-corrected chi connectivity index (χ4v) is 4.12. The number of hydrogen-bond acceptors (Lipinski definition) is 7. The number of aromatic nitrogens is 2. The average Bonchev–Trinajstić information content (AvgIpc) is 3.52. The van der Waals surface area contributed by atoms with Crippen LogP contribution in [0.2, 0.25) is 0 Å². The molecule has 1 aromatic carbocycles. The van der Waals surface area contributed by atoms with Gasteiger partial charge < -0.3 is 15.0 Å². The van der Waals surface area contributed by atoms with E-state index in [4.69, 9.17) is 21.5 Å². The third-order valence-electron chi connectivity index (χ3n) is 5.56. The van der Waals surface area contributed by atoms with E-state index in [1.165, 1.54) is 4.68 Å². The Hall–Kier alpha value is -3.54. The molecular weight excluding hydrogens is 450 g/mol. The molecule has 1 atom stereocenters. The van der Waals surface area contributed by atoms with Crippen molar-refractivity contribution in [1.29, 1.82) is 0 Å². The van der Waals surface area contributed by atoms with Crippen LogP contribution in [-0.2, 0) is 27.9 Å². The van der Waals surface area contributed by atoms with Crippen LogP contribution in [0.4, 0.5) is 5.69 Å². The maximum atomic E-state index is 13.1. The lowest BCUT2D eigenvalue weighted by Crippen LogP contribution is -2.44. The number of carbonyl (C=O) groups is 3. The lowest BCUT2D eigenvalue weighted by Gasteiger charge is -2.21. The molecule has 11 nitrogen and oxygen atoms in total. The van der Waals surface area contributed by atoms with Crippen molar-refractivity contribution in [2.24, 2.45) is 7.05 Å². The van der Waals surface area contributed by atoms with Gasteiger partial charge >= 0.3 is 17.3 Å². The zero-order valence-corrected chi connectivity index (χ0v) is 19.0. The normalized spacial score (nSPS) is 18.1. The van der Waals surface area contributed by atoms with E-state index < -0.39 is 23.5 Å². The zero-order chi connectivity index (χ0) is 23.7. The minimum atomic E-state index is -0.841. The molecule has 0 radical (unpaired) electrons. The fraction of sp³-hybridized carbons (Fsp3) is 0.429. The van der Waals surface area contributed by atoms with E-state index in [2.05, 4.69) is 10.6 Å². The first-order valence-electron chi connectivity index (χ1n) is 10.6. The first kappa shape index (κ1) is 22.6. The first-order valence-corrected chi connectivity index (χ1v) is 11.0. The van der Waals surface area contributed by atoms with E-state index in [0.717, 1.165) is 12.8 Å². The molecule has 1 saturated carbocycles. The van der Waals surface area contributed by atoms with Crippen molar-refractivity contribution in [3.63, 3.8) is 0 Å². The van der Waals surface area contributed by atoms with Crippen molar-refractivity contribution >= 4 is 40.8 Å². The topological polar surface area (TPSA) is 129 Å². The number of anilines is 1. The van der Waals surface area contributed by atoms with Crippen LogP contribution >= 0.6 is 12.2 Å². The van der Waals surface area contributed by atoms with E-state index in [1.54, 1.807) is 48.0 Å². The highest BCUT2D eigenvalue weighted by Gasteiger charge is 2.50. The number of H-pyrrole nitrogens is 1. The summed E-state index contributed by atoms with van der Waals surface area (Å²) in [5, 5.41) is 5.49. The van der Waals surface area contributed by atoms with Crippen LogP contribution in [0.25, 0.3) is 0 Å². The Bertz CT molecular complexity index is 1150. The second-order valence-corrected chi connectivity index (χ2v) is 8.27. The van der Waals surface area contributed by atoms with Gasteiger partial charge in [-0.2, -0.15) is 0 Å². The van der Waals surface area contributed by atoms with Crippen LogP contribution < -0.4 is 15.6 Å². The molecule has 1 unspecified atom stereocenters. The lowest BCUT2D eigenvalue weighted by atomic mass is 10.1. The van der Waals surface area contributed by atoms with E-state index >= 15 is 0 Å². The number of rotatable bonds is 8. The van der Waals surface area contributed by atoms with Crippen molar-refractivity contribution in [3.8, 4) is 0 Å². The van der Waals surface area contributed by atoms with Crippen LogP contribution in [0.5, 0.6) is 0 Å². The van der Waals surface area contributed by atoms with E-state index in [9.17, 15) is 19.2 Å². The van der Waals surface area contributed by atoms with Crippen molar-refractivity contribution in [2.75, 3.05) is 11.9 Å². The molecule has 174 valence electrons. The van der Waals surface area contributed by atoms with Crippen LogP contribution in [0, 0.1) is 0 Å². The third-order valence-corrected chi connectivity index (χ3v) is 5.99. The summed E-state index contributed by atoms with van der Waals surface area (Å²) < 4.78 is 11.2. The van der Waals surface area contributed by atoms with Crippen LogP contribution in [0.1, 0.15) is 42.2 Å². The number of amides is 2. The predicted molar refractivity (Wildman–Crippen MR) is 118 cm³/mol. The molecular formula is C21H24N5O6S+. The summed E-state index contributed by atoms with van der Waals surface area (Å²) in [6.07, 6.45) is 1.55. The SMILES string of the molecule is CCOC(=O)c1ccc(NC(=O)CC2C(=O)N(C3CC3)C(=S)N2Cc2c(=O)o[nH][n+]2C)cc1. The Morgan fingerprint density at radius 1 is 1.27 bits per heavy atom. The summed E-state index contributed by atoms with van der Waals surface area (Å²) in [5.41, 5.74) is 0.560. The summed E-state index contributed by atoms with van der Waals surface area (Å²) >= 11 is 5.54. The molecule has 2 amide bonds. The standard InChI is InChI=1S/C21H23N5O6S/c1-3-31-19(29)12-4-6-13(7-5-12)22-17(27)10-15-18(28)26(14-8-9-14)21(33)25(15)11-16-20(30)32-23-24(16)2/h4-7,14-15H,3,8-11H2,1-2H3,(H-,22,23,27,29,30)/p+1. The molecule has 4 rings (SSSR count). The molecule has 0 spiro atoms. The van der Waals surface area contributed by atoms with Gasteiger partial charge in [0.15, 0.2) is 12.2 Å². The molecule has 2 heterocycles. The van der Waals surface area contributed by atoms with Gasteiger partial charge in [0.05, 0.1) is 18.6 Å². The van der Waals surface area contributed by atoms with Gasteiger partial charge in [0, 0.05) is 11.7 Å². The number of nitrogens with zero attached hydrogens (tertiary/aromatic N) is 3. The van der Waals surface area contributed by atoms with Crippen molar-refractivity contribution in [3.05, 3.63) is 45.9 Å². The van der Waals surface area contributed by atoms with Gasteiger partial charge in [-0.25, -0.2) is 9.59 Å². The number of hydrogen-bond donors (Lipinski definition) is 2. The maximum absolute atomic E-state index is 13.1. The Labute approximate surface area is 194 Å². The van der Waals surface area contributed by atoms with Crippen LogP contribution in [0.3, 0.4) is 0 Å². The molecule has 0 bridgehead atoms. The van der Waals surface area contributed by atoms with Crippen molar-refractivity contribution in [1.82, 2.24) is 15.1 Å². The smallest absolute Gasteiger partial charge is 0.431 e. The summed E-state index contributed by atoms with van der Waals surface area (Å²) in [4.78, 5) is 52.9. The number of carbonyl (C=O) groups excluding carboxylic acids is 3. The summed E-state index contributed by atoms with van der Waals surface area (Å²) in [6, 6.07) is 5.47. The molecule has 1 saturated heterocycles. The molecule has 1 aliphatic heterocycles. The highest BCUT2D eigenvalue weighted by molar-refractivity contribution is 7.80. The molecule has 12 heteroatoms. The van der Waals surface area contributed by atoms with E-state index in [0.29, 0.717) is 16.4 Å². The maximum Gasteiger partial charge on any atom is 0.431 e. The monoisotopic (exact) mass is 474 g/mol. The summed E-state index contributed by atoms with van der Waals surface area (Å²) in [5.74, 6) is -1.09. The molecule has 2 N–H and O–H groups in total. The summed E-state index contributed by atoms with van der Waals surface area (Å²) in [7, 11) is 1.61. The molecule has 2 fully saturated rings. The Kier molecular flexibility index (Phi) is 6.27. The highest BCUT2D eigenvalue weighted by Crippen LogP contribution is 2.34. The highest BCUT2D eigenvalue weighted by atomic mass is 32.1. The van der Waals surface area contributed by atoms with E-state index in [1.807, 2.05) is 0 Å². The van der Waals surface area contributed by atoms with Crippen LogP contribution in [0.15, 0.2) is 33.6 Å². The largest absolute Gasteiger partial charge is 0.462 e. The molecule has 1 aliphatic carbocycles. The van der Waals surface area contributed by atoms with Gasteiger partial charge in [-0.05, 0) is 61.5 Å². The number of thiocarbonyl (C=S) groups is 1. The zero-order valence-electron chi connectivity index (χ0n) is 18.2. The van der Waals surface area contributed by atoms with Gasteiger partial charge in [0.2, 0.25) is 5.91 Å². The summed E-state index contributed by atoms with van der Waals surface area (Å²) in [6.45, 7) is 2.02. The van der Waals surface area contributed by atoms with E-state index in [-0.39, 0.29) is 37.2 Å². The number of ether oxygens (including phenoxy) is 1. The average molecular weight is 475 g/mol. The minimum Gasteiger partial charge on any atom is -0.462 e. The second kappa shape index (κ2) is 9.14. The van der Waals surface area contributed by atoms with Gasteiger partial charge in [-0.1, -0.05) is 4.68 Å².